The molecule has 3 aromatic heterocycles. The second-order valence-corrected chi connectivity index (χ2v) is 7.59. The summed E-state index contributed by atoms with van der Waals surface area (Å²) in [5.41, 5.74) is 2.78. The summed E-state index contributed by atoms with van der Waals surface area (Å²) < 4.78 is 2.85. The quantitative estimate of drug-likeness (QED) is 0.469. The first-order valence-electron chi connectivity index (χ1n) is 8.80. The zero-order chi connectivity index (χ0) is 18.7. The molecule has 0 bridgehead atoms. The fourth-order valence-electron chi connectivity index (χ4n) is 3.02. The van der Waals surface area contributed by atoms with Crippen molar-refractivity contribution in [2.75, 3.05) is 0 Å². The molecule has 0 unspecified atom stereocenters. The minimum atomic E-state index is -0.364. The molecule has 0 saturated heterocycles. The van der Waals surface area contributed by atoms with E-state index >= 15 is 0 Å². The van der Waals surface area contributed by atoms with Crippen LogP contribution >= 0.6 is 22.9 Å². The van der Waals surface area contributed by atoms with E-state index < -0.39 is 0 Å². The van der Waals surface area contributed by atoms with E-state index in [0.717, 1.165) is 31.4 Å². The predicted octanol–water partition coefficient (Wildman–Crippen LogP) is 3.13. The number of halogens is 1. The number of unbranched alkanes of at least 4 members (excludes halogenated alkanes) is 2. The standard InChI is InChI=1S/C17H22ClN5O2S/c1-3-4-5-8-22-14-13(20-16(18)21-14)15(24)23(17(22)25)9-6-7-12-11(2)19-10-26-12/h10H,3-9H2,1-2H3,(H,20,21). The molecular formula is C17H22ClN5O2S. The van der Waals surface area contributed by atoms with Gasteiger partial charge in [-0.25, -0.2) is 9.78 Å². The van der Waals surface area contributed by atoms with Crippen molar-refractivity contribution in [1.82, 2.24) is 24.1 Å². The van der Waals surface area contributed by atoms with Gasteiger partial charge in [0.1, 0.15) is 0 Å². The van der Waals surface area contributed by atoms with Crippen LogP contribution in [0, 0.1) is 6.92 Å². The van der Waals surface area contributed by atoms with E-state index in [1.54, 1.807) is 15.9 Å². The van der Waals surface area contributed by atoms with Crippen molar-refractivity contribution in [1.29, 1.82) is 0 Å². The minimum absolute atomic E-state index is 0.124. The highest BCUT2D eigenvalue weighted by atomic mass is 35.5. The van der Waals surface area contributed by atoms with Gasteiger partial charge < -0.3 is 4.98 Å². The van der Waals surface area contributed by atoms with Gasteiger partial charge in [-0.1, -0.05) is 19.8 Å². The number of imidazole rings is 1. The number of rotatable bonds is 8. The lowest BCUT2D eigenvalue weighted by Crippen LogP contribution is -2.40. The third-order valence-corrected chi connectivity index (χ3v) is 5.62. The lowest BCUT2D eigenvalue weighted by molar-refractivity contribution is 0.526. The first-order valence-corrected chi connectivity index (χ1v) is 10.1. The van der Waals surface area contributed by atoms with Gasteiger partial charge >= 0.3 is 5.69 Å². The van der Waals surface area contributed by atoms with Crippen LogP contribution in [0.25, 0.3) is 11.2 Å². The Morgan fingerprint density at radius 3 is 2.65 bits per heavy atom. The number of H-pyrrole nitrogens is 1. The van der Waals surface area contributed by atoms with Crippen molar-refractivity contribution in [3.05, 3.63) is 42.2 Å². The van der Waals surface area contributed by atoms with Crippen LogP contribution in [-0.4, -0.2) is 24.1 Å². The molecule has 1 N–H and O–H groups in total. The molecule has 3 rings (SSSR count). The zero-order valence-corrected chi connectivity index (χ0v) is 16.5. The number of hydrogen-bond donors (Lipinski definition) is 1. The van der Waals surface area contributed by atoms with E-state index in [-0.39, 0.29) is 16.5 Å². The Morgan fingerprint density at radius 2 is 1.96 bits per heavy atom. The highest BCUT2D eigenvalue weighted by molar-refractivity contribution is 7.09. The van der Waals surface area contributed by atoms with Gasteiger partial charge in [-0.3, -0.25) is 13.9 Å². The lowest BCUT2D eigenvalue weighted by atomic mass is 10.2. The summed E-state index contributed by atoms with van der Waals surface area (Å²) in [7, 11) is 0. The Labute approximate surface area is 159 Å². The SMILES string of the molecule is CCCCCn1c(=O)n(CCCc2scnc2C)c(=O)c2[nH]c(Cl)nc21. The Balaban J connectivity index is 1.92. The van der Waals surface area contributed by atoms with Crippen LogP contribution in [0.2, 0.25) is 5.28 Å². The number of aromatic amines is 1. The van der Waals surface area contributed by atoms with Crippen LogP contribution in [0.1, 0.15) is 43.2 Å². The van der Waals surface area contributed by atoms with E-state index in [4.69, 9.17) is 11.6 Å². The van der Waals surface area contributed by atoms with Crippen molar-refractivity contribution in [2.24, 2.45) is 0 Å². The summed E-state index contributed by atoms with van der Waals surface area (Å²) in [6.45, 7) is 4.96. The molecule has 0 aliphatic heterocycles. The lowest BCUT2D eigenvalue weighted by Gasteiger charge is -2.11. The Kier molecular flexibility index (Phi) is 5.93. The molecule has 26 heavy (non-hydrogen) atoms. The predicted molar refractivity (Wildman–Crippen MR) is 104 cm³/mol. The average Bonchev–Trinajstić information content (AvgIpc) is 3.19. The van der Waals surface area contributed by atoms with Crippen LogP contribution in [0.4, 0.5) is 0 Å². The van der Waals surface area contributed by atoms with E-state index in [2.05, 4.69) is 21.9 Å². The topological polar surface area (TPSA) is 85.6 Å². The Morgan fingerprint density at radius 1 is 1.19 bits per heavy atom. The maximum atomic E-state index is 12.9. The highest BCUT2D eigenvalue weighted by Crippen LogP contribution is 2.15. The van der Waals surface area contributed by atoms with Gasteiger partial charge in [0.15, 0.2) is 11.2 Å². The summed E-state index contributed by atoms with van der Waals surface area (Å²) in [4.78, 5) is 38.0. The van der Waals surface area contributed by atoms with E-state index in [1.165, 1.54) is 9.44 Å². The molecule has 0 aliphatic carbocycles. The number of aryl methyl sites for hydroxylation is 3. The molecular weight excluding hydrogens is 374 g/mol. The Hall–Kier alpha value is -1.93. The number of hydrogen-bond acceptors (Lipinski definition) is 5. The summed E-state index contributed by atoms with van der Waals surface area (Å²) in [6, 6.07) is 0. The zero-order valence-electron chi connectivity index (χ0n) is 14.9. The van der Waals surface area contributed by atoms with Crippen molar-refractivity contribution >= 4 is 34.1 Å². The number of aromatic nitrogens is 5. The first-order chi connectivity index (χ1) is 12.5. The van der Waals surface area contributed by atoms with Crippen LogP contribution in [0.3, 0.4) is 0 Å². The molecule has 0 amide bonds. The fraction of sp³-hybridized carbons (Fsp3) is 0.529. The second kappa shape index (κ2) is 8.18. The van der Waals surface area contributed by atoms with Crippen LogP contribution in [0.15, 0.2) is 15.1 Å². The summed E-state index contributed by atoms with van der Waals surface area (Å²) >= 11 is 7.55. The number of nitrogens with one attached hydrogen (secondary N) is 1. The Bertz CT molecular complexity index is 1020. The van der Waals surface area contributed by atoms with E-state index in [1.807, 2.05) is 12.4 Å². The minimum Gasteiger partial charge on any atom is -0.323 e. The number of thiazole rings is 1. The maximum absolute atomic E-state index is 12.9. The van der Waals surface area contributed by atoms with Crippen LogP contribution in [-0.2, 0) is 19.5 Å². The molecule has 0 spiro atoms. The van der Waals surface area contributed by atoms with Gasteiger partial charge in [-0.2, -0.15) is 4.98 Å². The molecule has 0 aromatic carbocycles. The monoisotopic (exact) mass is 395 g/mol. The van der Waals surface area contributed by atoms with Gasteiger partial charge in [-0.05, 0) is 37.8 Å². The van der Waals surface area contributed by atoms with Gasteiger partial charge in [0.25, 0.3) is 5.56 Å². The molecule has 0 aliphatic rings. The normalized spacial score (nSPS) is 11.5. The highest BCUT2D eigenvalue weighted by Gasteiger charge is 2.16. The van der Waals surface area contributed by atoms with Gasteiger partial charge in [0.2, 0.25) is 5.28 Å². The maximum Gasteiger partial charge on any atom is 0.332 e. The molecule has 0 saturated carbocycles. The molecule has 140 valence electrons. The second-order valence-electron chi connectivity index (χ2n) is 6.29. The summed E-state index contributed by atoms with van der Waals surface area (Å²) in [6.07, 6.45) is 4.40. The molecule has 9 heteroatoms. The number of fused-ring (bicyclic) bond motifs is 1. The van der Waals surface area contributed by atoms with Crippen molar-refractivity contribution in [3.63, 3.8) is 0 Å². The third-order valence-electron chi connectivity index (χ3n) is 4.45. The van der Waals surface area contributed by atoms with Crippen molar-refractivity contribution in [3.8, 4) is 0 Å². The van der Waals surface area contributed by atoms with Crippen molar-refractivity contribution < 1.29 is 0 Å². The summed E-state index contributed by atoms with van der Waals surface area (Å²) in [5.74, 6) is 0. The molecule has 0 atom stereocenters. The van der Waals surface area contributed by atoms with E-state index in [9.17, 15) is 9.59 Å². The average molecular weight is 396 g/mol. The summed E-state index contributed by atoms with van der Waals surface area (Å²) in [5, 5.41) is 0.124. The van der Waals surface area contributed by atoms with Gasteiger partial charge in [0, 0.05) is 18.0 Å². The molecule has 0 radical (unpaired) electrons. The molecule has 7 nitrogen and oxygen atoms in total. The first kappa shape index (κ1) is 18.8. The number of nitrogens with zero attached hydrogens (tertiary/aromatic N) is 4. The van der Waals surface area contributed by atoms with Crippen LogP contribution < -0.4 is 11.2 Å². The largest absolute Gasteiger partial charge is 0.332 e. The van der Waals surface area contributed by atoms with Crippen molar-refractivity contribution in [2.45, 2.75) is 59.0 Å². The molecule has 3 heterocycles. The molecule has 0 fully saturated rings. The smallest absolute Gasteiger partial charge is 0.323 e. The molecule has 3 aromatic rings. The van der Waals surface area contributed by atoms with Crippen LogP contribution in [0.5, 0.6) is 0 Å². The van der Waals surface area contributed by atoms with Gasteiger partial charge in [-0.15, -0.1) is 11.3 Å². The van der Waals surface area contributed by atoms with E-state index in [0.29, 0.717) is 30.7 Å². The fourth-order valence-corrected chi connectivity index (χ4v) is 4.02. The third kappa shape index (κ3) is 3.76. The van der Waals surface area contributed by atoms with Gasteiger partial charge in [0.05, 0.1) is 11.2 Å².